The molecule has 1 N–H and O–H groups in total. The molecule has 1 unspecified atom stereocenters. The Hall–Kier alpha value is -3.52. The lowest BCUT2D eigenvalue weighted by molar-refractivity contribution is -0.138. The fourth-order valence-corrected chi connectivity index (χ4v) is 4.57. The summed E-state index contributed by atoms with van der Waals surface area (Å²) in [5, 5.41) is 8.64. The van der Waals surface area contributed by atoms with Crippen LogP contribution in [0.3, 0.4) is 0 Å². The molecule has 1 atom stereocenters. The van der Waals surface area contributed by atoms with Crippen molar-refractivity contribution in [2.45, 2.75) is 43.6 Å². The highest BCUT2D eigenvalue weighted by Crippen LogP contribution is 2.37. The minimum Gasteiger partial charge on any atom is -0.494 e. The second-order valence-electron chi connectivity index (χ2n) is 8.16. The molecule has 7 nitrogen and oxygen atoms in total. The van der Waals surface area contributed by atoms with Crippen LogP contribution in [0.15, 0.2) is 83.7 Å². The molecule has 1 aromatic heterocycles. The third-order valence-electron chi connectivity index (χ3n) is 5.56. The zero-order chi connectivity index (χ0) is 24.6. The molecule has 0 amide bonds. The number of fused-ring (bicyclic) bond motifs is 1. The van der Waals surface area contributed by atoms with Crippen molar-refractivity contribution >= 4 is 23.7 Å². The quantitative estimate of drug-likeness (QED) is 0.158. The van der Waals surface area contributed by atoms with Crippen molar-refractivity contribution in [1.82, 2.24) is 14.8 Å². The summed E-state index contributed by atoms with van der Waals surface area (Å²) in [7, 11) is 0. The molecule has 182 valence electrons. The molecular formula is C27H30N4O3S. The minimum atomic E-state index is -0.480. The van der Waals surface area contributed by atoms with E-state index in [1.54, 1.807) is 22.5 Å². The number of allylic oxidation sites excluding steroid dienone is 1. The molecule has 0 saturated heterocycles. The zero-order valence-corrected chi connectivity index (χ0v) is 20.9. The van der Waals surface area contributed by atoms with E-state index in [1.165, 1.54) is 5.56 Å². The number of esters is 1. The molecule has 0 aliphatic carbocycles. The highest BCUT2D eigenvalue weighted by atomic mass is 32.2. The Morgan fingerprint density at radius 2 is 1.97 bits per heavy atom. The Morgan fingerprint density at radius 3 is 2.69 bits per heavy atom. The van der Waals surface area contributed by atoms with Gasteiger partial charge in [-0.25, -0.2) is 9.48 Å². The summed E-state index contributed by atoms with van der Waals surface area (Å²) in [5.41, 5.74) is 3.26. The molecule has 0 fully saturated rings. The van der Waals surface area contributed by atoms with Crippen molar-refractivity contribution in [3.63, 3.8) is 0 Å². The number of benzene rings is 2. The van der Waals surface area contributed by atoms with Gasteiger partial charge in [0.05, 0.1) is 12.2 Å². The van der Waals surface area contributed by atoms with Gasteiger partial charge in [-0.3, -0.25) is 0 Å². The summed E-state index contributed by atoms with van der Waals surface area (Å²) < 4.78 is 13.0. The molecule has 0 spiro atoms. The number of nitrogens with one attached hydrogen (secondary N) is 1. The number of anilines is 1. The minimum absolute atomic E-state index is 0.134. The number of hydrogen-bond acceptors (Lipinski definition) is 7. The van der Waals surface area contributed by atoms with E-state index in [2.05, 4.69) is 31.0 Å². The van der Waals surface area contributed by atoms with Gasteiger partial charge in [0.1, 0.15) is 18.4 Å². The maximum atomic E-state index is 13.1. The molecule has 2 heterocycles. The lowest BCUT2D eigenvalue weighted by Crippen LogP contribution is -2.29. The number of nitrogens with zero attached hydrogens (tertiary/aromatic N) is 3. The molecular weight excluding hydrogens is 460 g/mol. The van der Waals surface area contributed by atoms with Crippen molar-refractivity contribution in [3.05, 3.63) is 89.6 Å². The second kappa shape index (κ2) is 11.8. The van der Waals surface area contributed by atoms with E-state index in [-0.39, 0.29) is 6.61 Å². The molecule has 4 rings (SSSR count). The Balaban J connectivity index is 1.64. The monoisotopic (exact) mass is 490 g/mol. The van der Waals surface area contributed by atoms with Crippen molar-refractivity contribution < 1.29 is 14.3 Å². The van der Waals surface area contributed by atoms with E-state index < -0.39 is 12.0 Å². The third kappa shape index (κ3) is 5.95. The molecule has 8 heteroatoms. The van der Waals surface area contributed by atoms with E-state index in [4.69, 9.17) is 19.6 Å². The van der Waals surface area contributed by atoms with Crippen molar-refractivity contribution in [2.75, 3.05) is 18.5 Å². The standard InChI is InChI=1S/C27H30N4O3S/c1-4-6-17-33-22-14-12-21(13-15-22)24-23(25(32)34-16-5-2)19(3)28-26-29-27(30-31(24)26)35-18-20-10-8-7-9-11-20/h5,7-15,24H,2,4,6,16-18H2,1,3H3,(H,28,29,30). The summed E-state index contributed by atoms with van der Waals surface area (Å²) in [5.74, 6) is 1.72. The zero-order valence-electron chi connectivity index (χ0n) is 20.1. The first-order chi connectivity index (χ1) is 17.1. The number of ether oxygens (including phenoxy) is 2. The molecule has 0 bridgehead atoms. The van der Waals surface area contributed by atoms with Crippen LogP contribution in [-0.2, 0) is 15.3 Å². The first-order valence-electron chi connectivity index (χ1n) is 11.7. The van der Waals surface area contributed by atoms with Gasteiger partial charge in [-0.05, 0) is 36.6 Å². The lowest BCUT2D eigenvalue weighted by Gasteiger charge is -2.28. The van der Waals surface area contributed by atoms with Gasteiger partial charge in [0, 0.05) is 11.4 Å². The van der Waals surface area contributed by atoms with Crippen molar-refractivity contribution in [2.24, 2.45) is 0 Å². The second-order valence-corrected chi connectivity index (χ2v) is 9.10. The van der Waals surface area contributed by atoms with Gasteiger partial charge in [-0.1, -0.05) is 80.2 Å². The van der Waals surface area contributed by atoms with Crippen LogP contribution in [0.5, 0.6) is 5.75 Å². The normalized spacial score (nSPS) is 14.7. The Labute approximate surface area is 210 Å². The predicted molar refractivity (Wildman–Crippen MR) is 138 cm³/mol. The Bertz CT molecular complexity index is 1190. The van der Waals surface area contributed by atoms with Crippen LogP contribution >= 0.6 is 11.8 Å². The van der Waals surface area contributed by atoms with E-state index >= 15 is 0 Å². The summed E-state index contributed by atoms with van der Waals surface area (Å²) in [6, 6.07) is 17.5. The van der Waals surface area contributed by atoms with Gasteiger partial charge in [0.25, 0.3) is 0 Å². The molecule has 0 saturated carbocycles. The van der Waals surface area contributed by atoms with Gasteiger partial charge >= 0.3 is 5.97 Å². The first kappa shape index (κ1) is 24.6. The molecule has 2 aromatic carbocycles. The van der Waals surface area contributed by atoms with E-state index in [0.29, 0.717) is 29.0 Å². The lowest BCUT2D eigenvalue weighted by atomic mass is 9.96. The summed E-state index contributed by atoms with van der Waals surface area (Å²) in [6.45, 7) is 8.44. The number of hydrogen-bond donors (Lipinski definition) is 1. The van der Waals surface area contributed by atoms with Crippen LogP contribution in [0.1, 0.15) is 43.9 Å². The number of aromatic nitrogens is 3. The fraction of sp³-hybridized carbons (Fsp3) is 0.296. The average Bonchev–Trinajstić information content (AvgIpc) is 3.29. The summed E-state index contributed by atoms with van der Waals surface area (Å²) >= 11 is 1.55. The van der Waals surface area contributed by atoms with Crippen LogP contribution in [0.2, 0.25) is 0 Å². The van der Waals surface area contributed by atoms with Gasteiger partial charge < -0.3 is 14.8 Å². The van der Waals surface area contributed by atoms with Gasteiger partial charge in [0.2, 0.25) is 11.1 Å². The van der Waals surface area contributed by atoms with Gasteiger partial charge in [-0.2, -0.15) is 4.98 Å². The van der Waals surface area contributed by atoms with Crippen LogP contribution in [0, 0.1) is 0 Å². The largest absolute Gasteiger partial charge is 0.494 e. The van der Waals surface area contributed by atoms with E-state index in [0.717, 1.165) is 29.9 Å². The number of rotatable bonds is 11. The number of carbonyl (C=O) groups is 1. The topological polar surface area (TPSA) is 78.3 Å². The van der Waals surface area contributed by atoms with Gasteiger partial charge in [-0.15, -0.1) is 5.10 Å². The molecule has 1 aliphatic rings. The fourth-order valence-electron chi connectivity index (χ4n) is 3.78. The van der Waals surface area contributed by atoms with Gasteiger partial charge in [0.15, 0.2) is 0 Å². The van der Waals surface area contributed by atoms with Crippen molar-refractivity contribution in [1.29, 1.82) is 0 Å². The molecule has 1 aliphatic heterocycles. The average molecular weight is 491 g/mol. The molecule has 35 heavy (non-hydrogen) atoms. The third-order valence-corrected chi connectivity index (χ3v) is 6.47. The van der Waals surface area contributed by atoms with Crippen LogP contribution in [-0.4, -0.2) is 33.9 Å². The Kier molecular flexibility index (Phi) is 8.26. The Morgan fingerprint density at radius 1 is 1.20 bits per heavy atom. The van der Waals surface area contributed by atoms with E-state index in [9.17, 15) is 4.79 Å². The summed E-state index contributed by atoms with van der Waals surface area (Å²) in [4.78, 5) is 17.8. The molecule has 3 aromatic rings. The smallest absolute Gasteiger partial charge is 0.338 e. The predicted octanol–water partition coefficient (Wildman–Crippen LogP) is 5.77. The van der Waals surface area contributed by atoms with Crippen LogP contribution in [0.25, 0.3) is 0 Å². The maximum absolute atomic E-state index is 13.1. The molecule has 0 radical (unpaired) electrons. The first-order valence-corrected chi connectivity index (χ1v) is 12.7. The van der Waals surface area contributed by atoms with Crippen LogP contribution in [0.4, 0.5) is 5.95 Å². The number of thioether (sulfide) groups is 1. The van der Waals surface area contributed by atoms with Crippen molar-refractivity contribution in [3.8, 4) is 5.75 Å². The van der Waals surface area contributed by atoms with E-state index in [1.807, 2.05) is 49.4 Å². The summed E-state index contributed by atoms with van der Waals surface area (Å²) in [6.07, 6.45) is 3.64. The SMILES string of the molecule is C=CCOC(=O)C1=C(C)Nc2nc(SCc3ccccc3)nn2C1c1ccc(OCCCC)cc1. The highest BCUT2D eigenvalue weighted by Gasteiger charge is 2.35. The number of carbonyl (C=O) groups excluding carboxylic acids is 1. The van der Waals surface area contributed by atoms with Crippen LogP contribution < -0.4 is 10.1 Å². The maximum Gasteiger partial charge on any atom is 0.338 e. The number of unbranched alkanes of at least 4 members (excludes halogenated alkanes) is 1. The highest BCUT2D eigenvalue weighted by molar-refractivity contribution is 7.98.